The van der Waals surface area contributed by atoms with Gasteiger partial charge in [-0.05, 0) is 55.4 Å². The van der Waals surface area contributed by atoms with Gasteiger partial charge < -0.3 is 5.11 Å². The van der Waals surface area contributed by atoms with Crippen LogP contribution in [0.2, 0.25) is 0 Å². The fraction of sp³-hybridized carbons (Fsp3) is 0.842. The molecule has 3 saturated carbocycles. The van der Waals surface area contributed by atoms with Crippen LogP contribution in [-0.2, 0) is 4.79 Å². The van der Waals surface area contributed by atoms with Gasteiger partial charge in [-0.1, -0.05) is 46.1 Å². The fourth-order valence-electron chi connectivity index (χ4n) is 5.34. The van der Waals surface area contributed by atoms with Crippen molar-refractivity contribution >= 4 is 5.78 Å². The maximum absolute atomic E-state index is 12.8. The number of hydrogen-bond donors (Lipinski definition) is 1. The zero-order chi connectivity index (χ0) is 15.3. The summed E-state index contributed by atoms with van der Waals surface area (Å²) in [6.07, 6.45) is 12.9. The van der Waals surface area contributed by atoms with Crippen LogP contribution in [0.3, 0.4) is 0 Å². The summed E-state index contributed by atoms with van der Waals surface area (Å²) in [5.41, 5.74) is -1.33. The van der Waals surface area contributed by atoms with Crippen molar-refractivity contribution in [3.63, 3.8) is 0 Å². The van der Waals surface area contributed by atoms with E-state index >= 15 is 0 Å². The molecule has 0 unspecified atom stereocenters. The van der Waals surface area contributed by atoms with E-state index in [1.807, 2.05) is 0 Å². The lowest BCUT2D eigenvalue weighted by molar-refractivity contribution is -0.150. The molecule has 3 aliphatic carbocycles. The number of rotatable bonds is 3. The van der Waals surface area contributed by atoms with Crippen LogP contribution in [0.5, 0.6) is 0 Å². The van der Waals surface area contributed by atoms with E-state index in [-0.39, 0.29) is 16.6 Å². The van der Waals surface area contributed by atoms with Crippen LogP contribution in [-0.4, -0.2) is 16.5 Å². The lowest BCUT2D eigenvalue weighted by atomic mass is 9.63. The van der Waals surface area contributed by atoms with Gasteiger partial charge in [0.2, 0.25) is 0 Å². The van der Waals surface area contributed by atoms with Crippen LogP contribution in [0.4, 0.5) is 0 Å². The molecule has 3 fully saturated rings. The molecular formula is C19H30O2. The molecule has 0 aromatic rings. The van der Waals surface area contributed by atoms with E-state index < -0.39 is 5.60 Å². The molecular weight excluding hydrogens is 260 g/mol. The monoisotopic (exact) mass is 290 g/mol. The number of carbonyl (C=O) groups is 1. The van der Waals surface area contributed by atoms with Gasteiger partial charge in [0.1, 0.15) is 5.60 Å². The summed E-state index contributed by atoms with van der Waals surface area (Å²) in [5.74, 6) is 0.996. The van der Waals surface area contributed by atoms with E-state index in [4.69, 9.17) is 0 Å². The van der Waals surface area contributed by atoms with Gasteiger partial charge in [0.25, 0.3) is 0 Å². The highest BCUT2D eigenvalue weighted by atomic mass is 16.3. The van der Waals surface area contributed by atoms with Crippen molar-refractivity contribution in [3.8, 4) is 0 Å². The fourth-order valence-corrected chi connectivity index (χ4v) is 5.34. The first-order chi connectivity index (χ1) is 9.81. The van der Waals surface area contributed by atoms with E-state index in [1.165, 1.54) is 32.1 Å². The molecule has 2 heteroatoms. The molecule has 3 atom stereocenters. The van der Waals surface area contributed by atoms with Crippen molar-refractivity contribution in [1.82, 2.24) is 0 Å². The lowest BCUT2D eigenvalue weighted by Crippen LogP contribution is -2.52. The largest absolute Gasteiger partial charge is 0.381 e. The predicted octanol–water partition coefficient (Wildman–Crippen LogP) is 4.27. The normalized spacial score (nSPS) is 42.8. The summed E-state index contributed by atoms with van der Waals surface area (Å²) >= 11 is 0. The first kappa shape index (κ1) is 15.3. The Balaban J connectivity index is 1.77. The van der Waals surface area contributed by atoms with E-state index in [2.05, 4.69) is 26.8 Å². The molecule has 21 heavy (non-hydrogen) atoms. The maximum atomic E-state index is 12.8. The summed E-state index contributed by atoms with van der Waals surface area (Å²) in [5, 5.41) is 11.2. The average molecular weight is 290 g/mol. The second-order valence-electron chi connectivity index (χ2n) is 8.48. The molecule has 118 valence electrons. The van der Waals surface area contributed by atoms with E-state index in [1.54, 1.807) is 6.08 Å². The van der Waals surface area contributed by atoms with Crippen molar-refractivity contribution in [2.45, 2.75) is 77.7 Å². The highest BCUT2D eigenvalue weighted by Crippen LogP contribution is 2.69. The van der Waals surface area contributed by atoms with Gasteiger partial charge in [-0.3, -0.25) is 4.79 Å². The van der Waals surface area contributed by atoms with E-state index in [0.29, 0.717) is 18.3 Å². The van der Waals surface area contributed by atoms with Crippen LogP contribution in [0.15, 0.2) is 12.2 Å². The molecule has 0 radical (unpaired) electrons. The molecule has 3 rings (SSSR count). The maximum Gasteiger partial charge on any atom is 0.187 e. The standard InChI is InChI=1S/C19H30O2/c1-17(2)15-11-12-18(17,3)19(21,13-15)16(20)10-9-14-7-5-4-6-8-14/h9-10,14-15,21H,4-8,11-13H2,1-3H3/b10-9+/t15-,18-,19+/m1/s1. The first-order valence-electron chi connectivity index (χ1n) is 8.76. The number of aliphatic hydroxyl groups is 1. The minimum absolute atomic E-state index is 0.0363. The Bertz CT molecular complexity index is 458. The van der Waals surface area contributed by atoms with Gasteiger partial charge in [-0.2, -0.15) is 0 Å². The summed E-state index contributed by atoms with van der Waals surface area (Å²) < 4.78 is 0. The Morgan fingerprint density at radius 2 is 1.76 bits per heavy atom. The predicted molar refractivity (Wildman–Crippen MR) is 84.9 cm³/mol. The zero-order valence-electron chi connectivity index (χ0n) is 13.8. The molecule has 0 amide bonds. The second-order valence-corrected chi connectivity index (χ2v) is 8.48. The highest BCUT2D eigenvalue weighted by molar-refractivity contribution is 5.98. The van der Waals surface area contributed by atoms with Crippen molar-refractivity contribution in [2.24, 2.45) is 22.7 Å². The molecule has 0 saturated heterocycles. The van der Waals surface area contributed by atoms with E-state index in [9.17, 15) is 9.90 Å². The Labute approximate surface area is 129 Å². The number of carbonyl (C=O) groups excluding carboxylic acids is 1. The van der Waals surface area contributed by atoms with Crippen molar-refractivity contribution < 1.29 is 9.90 Å². The third kappa shape index (κ3) is 2.05. The quantitative estimate of drug-likeness (QED) is 0.788. The summed E-state index contributed by atoms with van der Waals surface area (Å²) in [6.45, 7) is 6.61. The molecule has 0 aliphatic heterocycles. The smallest absolute Gasteiger partial charge is 0.187 e. The van der Waals surface area contributed by atoms with Gasteiger partial charge in [0, 0.05) is 5.41 Å². The van der Waals surface area contributed by atoms with Gasteiger partial charge in [-0.25, -0.2) is 0 Å². The summed E-state index contributed by atoms with van der Waals surface area (Å²) in [6, 6.07) is 0. The highest BCUT2D eigenvalue weighted by Gasteiger charge is 2.70. The van der Waals surface area contributed by atoms with Gasteiger partial charge in [0.05, 0.1) is 0 Å². The Morgan fingerprint density at radius 1 is 1.10 bits per heavy atom. The zero-order valence-corrected chi connectivity index (χ0v) is 13.8. The minimum atomic E-state index is -1.13. The van der Waals surface area contributed by atoms with Crippen LogP contribution in [0, 0.1) is 22.7 Å². The molecule has 0 aromatic carbocycles. The average Bonchev–Trinajstić information content (AvgIpc) is 2.78. The summed E-state index contributed by atoms with van der Waals surface area (Å²) in [4.78, 5) is 12.8. The molecule has 0 aromatic heterocycles. The Kier molecular flexibility index (Phi) is 3.59. The number of ketones is 1. The van der Waals surface area contributed by atoms with E-state index in [0.717, 1.165) is 12.8 Å². The van der Waals surface area contributed by atoms with Crippen LogP contribution in [0.25, 0.3) is 0 Å². The first-order valence-corrected chi connectivity index (χ1v) is 8.76. The molecule has 1 N–H and O–H groups in total. The van der Waals surface area contributed by atoms with Gasteiger partial charge >= 0.3 is 0 Å². The molecule has 2 bridgehead atoms. The Morgan fingerprint density at radius 3 is 2.29 bits per heavy atom. The van der Waals surface area contributed by atoms with Crippen LogP contribution >= 0.6 is 0 Å². The van der Waals surface area contributed by atoms with Crippen molar-refractivity contribution in [3.05, 3.63) is 12.2 Å². The number of allylic oxidation sites excluding steroid dienone is 1. The topological polar surface area (TPSA) is 37.3 Å². The van der Waals surface area contributed by atoms with Crippen molar-refractivity contribution in [1.29, 1.82) is 0 Å². The SMILES string of the molecule is CC1(C)[C@@H]2CC[C@@]1(C)[C@@](O)(C(=O)/C=C/C1CCCCC1)C2. The molecule has 2 nitrogen and oxygen atoms in total. The van der Waals surface area contributed by atoms with Gasteiger partial charge in [-0.15, -0.1) is 0 Å². The van der Waals surface area contributed by atoms with Gasteiger partial charge in [0.15, 0.2) is 5.78 Å². The van der Waals surface area contributed by atoms with Crippen LogP contribution < -0.4 is 0 Å². The minimum Gasteiger partial charge on any atom is -0.381 e. The molecule has 0 heterocycles. The molecule has 0 spiro atoms. The third-order valence-electron chi connectivity index (χ3n) is 7.47. The van der Waals surface area contributed by atoms with Crippen molar-refractivity contribution in [2.75, 3.05) is 0 Å². The number of fused-ring (bicyclic) bond motifs is 2. The third-order valence-corrected chi connectivity index (χ3v) is 7.47. The summed E-state index contributed by atoms with van der Waals surface area (Å²) in [7, 11) is 0. The number of hydrogen-bond acceptors (Lipinski definition) is 2. The van der Waals surface area contributed by atoms with Crippen LogP contribution in [0.1, 0.15) is 72.1 Å². The lowest BCUT2D eigenvalue weighted by Gasteiger charge is -2.43. The molecule has 3 aliphatic rings. The second kappa shape index (κ2) is 4.94. The Hall–Kier alpha value is -0.630.